The zero-order valence-corrected chi connectivity index (χ0v) is 10.0. The van der Waals surface area contributed by atoms with E-state index in [0.29, 0.717) is 17.8 Å². The summed E-state index contributed by atoms with van der Waals surface area (Å²) in [7, 11) is 0. The lowest BCUT2D eigenvalue weighted by Gasteiger charge is -2.25. The number of alkyl halides is 2. The molecule has 0 amide bonds. The standard InChI is InChI=1S/C11H18Cl2/c1-7(2)10-5-4-9(12)6-8(3)11(10)13/h4-5,7-11H,6H2,1-3H3. The molecule has 4 unspecified atom stereocenters. The molecular formula is C11H18Cl2. The van der Waals surface area contributed by atoms with Crippen molar-refractivity contribution < 1.29 is 0 Å². The molecule has 13 heavy (non-hydrogen) atoms. The van der Waals surface area contributed by atoms with Gasteiger partial charge in [-0.15, -0.1) is 23.2 Å². The largest absolute Gasteiger partial charge is 0.122 e. The number of allylic oxidation sites excluding steroid dienone is 2. The quantitative estimate of drug-likeness (QED) is 0.462. The van der Waals surface area contributed by atoms with Gasteiger partial charge in [-0.25, -0.2) is 0 Å². The van der Waals surface area contributed by atoms with Crippen LogP contribution in [0.4, 0.5) is 0 Å². The molecule has 0 saturated carbocycles. The van der Waals surface area contributed by atoms with Crippen molar-refractivity contribution in [3.63, 3.8) is 0 Å². The number of hydrogen-bond acceptors (Lipinski definition) is 0. The van der Waals surface area contributed by atoms with Gasteiger partial charge in [0.1, 0.15) is 0 Å². The predicted molar refractivity (Wildman–Crippen MR) is 60.5 cm³/mol. The summed E-state index contributed by atoms with van der Waals surface area (Å²) in [6, 6.07) is 0. The minimum atomic E-state index is 0.167. The summed E-state index contributed by atoms with van der Waals surface area (Å²) < 4.78 is 0. The van der Waals surface area contributed by atoms with Gasteiger partial charge in [0.25, 0.3) is 0 Å². The van der Waals surface area contributed by atoms with Gasteiger partial charge >= 0.3 is 0 Å². The van der Waals surface area contributed by atoms with Gasteiger partial charge in [-0.2, -0.15) is 0 Å². The predicted octanol–water partition coefficient (Wildman–Crippen LogP) is 4.07. The number of halogens is 2. The molecule has 0 aromatic rings. The average molecular weight is 221 g/mol. The van der Waals surface area contributed by atoms with Gasteiger partial charge in [-0.1, -0.05) is 32.9 Å². The average Bonchev–Trinajstić information content (AvgIpc) is 2.13. The van der Waals surface area contributed by atoms with Crippen molar-refractivity contribution in [3.05, 3.63) is 12.2 Å². The van der Waals surface area contributed by atoms with E-state index in [4.69, 9.17) is 23.2 Å². The second-order valence-electron chi connectivity index (χ2n) is 4.38. The first-order chi connectivity index (χ1) is 6.02. The Morgan fingerprint density at radius 2 is 1.85 bits per heavy atom. The Labute approximate surface area is 91.3 Å². The fourth-order valence-electron chi connectivity index (χ4n) is 1.89. The van der Waals surface area contributed by atoms with Crippen molar-refractivity contribution in [2.75, 3.05) is 0 Å². The molecule has 0 spiro atoms. The maximum Gasteiger partial charge on any atom is 0.0519 e. The van der Waals surface area contributed by atoms with E-state index in [1.807, 2.05) is 0 Å². The van der Waals surface area contributed by atoms with Crippen molar-refractivity contribution in [2.24, 2.45) is 17.8 Å². The van der Waals surface area contributed by atoms with Crippen LogP contribution in [-0.2, 0) is 0 Å². The Hall–Kier alpha value is 0.320. The summed E-state index contributed by atoms with van der Waals surface area (Å²) in [4.78, 5) is 0. The first-order valence-corrected chi connectivity index (χ1v) is 5.86. The highest BCUT2D eigenvalue weighted by atomic mass is 35.5. The third-order valence-corrected chi connectivity index (χ3v) is 3.86. The second kappa shape index (κ2) is 4.70. The van der Waals surface area contributed by atoms with E-state index < -0.39 is 0 Å². The Bertz CT molecular complexity index is 187. The van der Waals surface area contributed by atoms with Gasteiger partial charge in [0, 0.05) is 5.38 Å². The molecule has 1 aliphatic rings. The molecule has 1 aliphatic carbocycles. The van der Waals surface area contributed by atoms with E-state index in [2.05, 4.69) is 32.9 Å². The molecule has 76 valence electrons. The molecule has 0 aromatic heterocycles. The summed E-state index contributed by atoms with van der Waals surface area (Å²) in [6.45, 7) is 6.62. The Morgan fingerprint density at radius 3 is 2.38 bits per heavy atom. The topological polar surface area (TPSA) is 0 Å². The highest BCUT2D eigenvalue weighted by molar-refractivity contribution is 6.23. The van der Waals surface area contributed by atoms with Crippen LogP contribution in [-0.4, -0.2) is 10.8 Å². The van der Waals surface area contributed by atoms with E-state index in [0.717, 1.165) is 6.42 Å². The van der Waals surface area contributed by atoms with Crippen LogP contribution >= 0.6 is 23.2 Å². The van der Waals surface area contributed by atoms with Gasteiger partial charge in [-0.05, 0) is 24.2 Å². The van der Waals surface area contributed by atoms with Crippen molar-refractivity contribution in [1.29, 1.82) is 0 Å². The molecule has 1 rings (SSSR count). The van der Waals surface area contributed by atoms with Crippen LogP contribution in [0.25, 0.3) is 0 Å². The fraction of sp³-hybridized carbons (Fsp3) is 0.818. The van der Waals surface area contributed by atoms with E-state index >= 15 is 0 Å². The maximum absolute atomic E-state index is 6.39. The highest BCUT2D eigenvalue weighted by Gasteiger charge is 2.28. The van der Waals surface area contributed by atoms with Gasteiger partial charge in [0.05, 0.1) is 5.38 Å². The minimum absolute atomic E-state index is 0.167. The van der Waals surface area contributed by atoms with Crippen LogP contribution in [0.3, 0.4) is 0 Å². The molecule has 0 nitrogen and oxygen atoms in total. The van der Waals surface area contributed by atoms with Gasteiger partial charge in [-0.3, -0.25) is 0 Å². The molecular weight excluding hydrogens is 203 g/mol. The lowest BCUT2D eigenvalue weighted by Crippen LogP contribution is -2.24. The zero-order valence-electron chi connectivity index (χ0n) is 8.50. The minimum Gasteiger partial charge on any atom is -0.122 e. The van der Waals surface area contributed by atoms with Crippen molar-refractivity contribution in [2.45, 2.75) is 37.9 Å². The van der Waals surface area contributed by atoms with Crippen LogP contribution in [0, 0.1) is 17.8 Å². The molecule has 0 radical (unpaired) electrons. The van der Waals surface area contributed by atoms with Crippen molar-refractivity contribution in [1.82, 2.24) is 0 Å². The highest BCUT2D eigenvalue weighted by Crippen LogP contribution is 2.33. The Balaban J connectivity index is 2.76. The van der Waals surface area contributed by atoms with Crippen molar-refractivity contribution >= 4 is 23.2 Å². The summed E-state index contributed by atoms with van der Waals surface area (Å²) in [5.41, 5.74) is 0. The van der Waals surface area contributed by atoms with Crippen LogP contribution in [0.1, 0.15) is 27.2 Å². The lowest BCUT2D eigenvalue weighted by atomic mass is 9.87. The smallest absolute Gasteiger partial charge is 0.0519 e. The van der Waals surface area contributed by atoms with E-state index in [9.17, 15) is 0 Å². The molecule has 0 saturated heterocycles. The molecule has 0 N–H and O–H groups in total. The van der Waals surface area contributed by atoms with Gasteiger partial charge in [0.15, 0.2) is 0 Å². The zero-order chi connectivity index (χ0) is 10.0. The van der Waals surface area contributed by atoms with Gasteiger partial charge < -0.3 is 0 Å². The van der Waals surface area contributed by atoms with Crippen molar-refractivity contribution in [3.8, 4) is 0 Å². The lowest BCUT2D eigenvalue weighted by molar-refractivity contribution is 0.372. The Kier molecular flexibility index (Phi) is 4.12. The first-order valence-electron chi connectivity index (χ1n) is 4.98. The molecule has 2 heteroatoms. The number of hydrogen-bond donors (Lipinski definition) is 0. The molecule has 0 aliphatic heterocycles. The molecule has 0 heterocycles. The first kappa shape index (κ1) is 11.4. The van der Waals surface area contributed by atoms with E-state index in [1.54, 1.807) is 0 Å². The summed E-state index contributed by atoms with van der Waals surface area (Å²) in [5.74, 6) is 1.58. The fourth-order valence-corrected chi connectivity index (χ4v) is 2.73. The summed E-state index contributed by atoms with van der Waals surface area (Å²) in [6.07, 6.45) is 5.30. The molecule has 0 aromatic carbocycles. The van der Waals surface area contributed by atoms with Crippen LogP contribution < -0.4 is 0 Å². The third kappa shape index (κ3) is 2.89. The summed E-state index contributed by atoms with van der Waals surface area (Å²) >= 11 is 12.5. The van der Waals surface area contributed by atoms with Crippen LogP contribution in [0.5, 0.6) is 0 Å². The van der Waals surface area contributed by atoms with Crippen LogP contribution in [0.15, 0.2) is 12.2 Å². The van der Waals surface area contributed by atoms with E-state index in [1.165, 1.54) is 0 Å². The van der Waals surface area contributed by atoms with Gasteiger partial charge in [0.2, 0.25) is 0 Å². The van der Waals surface area contributed by atoms with Crippen LogP contribution in [0.2, 0.25) is 0 Å². The molecule has 0 fully saturated rings. The monoisotopic (exact) mass is 220 g/mol. The molecule has 4 atom stereocenters. The normalized spacial score (nSPS) is 40.8. The number of rotatable bonds is 1. The third-order valence-electron chi connectivity index (χ3n) is 2.82. The second-order valence-corrected chi connectivity index (χ2v) is 5.44. The molecule has 0 bridgehead atoms. The Morgan fingerprint density at radius 1 is 1.23 bits per heavy atom. The summed E-state index contributed by atoms with van der Waals surface area (Å²) in [5, 5.41) is 0.403. The van der Waals surface area contributed by atoms with E-state index in [-0.39, 0.29) is 10.8 Å². The maximum atomic E-state index is 6.39. The SMILES string of the molecule is CC(C)C1C=CC(Cl)CC(C)C1Cl.